The molecule has 0 radical (unpaired) electrons. The summed E-state index contributed by atoms with van der Waals surface area (Å²) >= 11 is 0. The molecule has 3 N–H and O–H groups in total. The fourth-order valence-electron chi connectivity index (χ4n) is 3.12. The largest absolute Gasteiger partial charge is 0.457 e. The van der Waals surface area contributed by atoms with Crippen LogP contribution in [-0.4, -0.2) is 22.9 Å². The zero-order valence-corrected chi connectivity index (χ0v) is 15.9. The highest BCUT2D eigenvalue weighted by Crippen LogP contribution is 2.30. The van der Waals surface area contributed by atoms with Gasteiger partial charge in [0.15, 0.2) is 5.58 Å². The Morgan fingerprint density at radius 2 is 1.93 bits per heavy atom. The van der Waals surface area contributed by atoms with Crippen LogP contribution in [0.3, 0.4) is 0 Å². The molecule has 2 aromatic heterocycles. The van der Waals surface area contributed by atoms with Gasteiger partial charge >= 0.3 is 0 Å². The molecule has 146 valence electrons. The number of hydrogen-bond acceptors (Lipinski definition) is 6. The second-order valence-corrected chi connectivity index (χ2v) is 6.52. The van der Waals surface area contributed by atoms with E-state index in [1.54, 1.807) is 25.2 Å². The maximum Gasteiger partial charge on any atom is 0.292 e. The van der Waals surface area contributed by atoms with E-state index in [-0.39, 0.29) is 17.6 Å². The fraction of sp³-hybridized carbons (Fsp3) is 0.136. The number of amides is 1. The van der Waals surface area contributed by atoms with Gasteiger partial charge in [0, 0.05) is 25.4 Å². The van der Waals surface area contributed by atoms with Crippen molar-refractivity contribution in [1.29, 1.82) is 0 Å². The Morgan fingerprint density at radius 3 is 2.72 bits per heavy atom. The molecule has 0 spiro atoms. The van der Waals surface area contributed by atoms with Crippen LogP contribution in [0.15, 0.2) is 65.2 Å². The van der Waals surface area contributed by atoms with Gasteiger partial charge in [0.05, 0.1) is 0 Å². The fourth-order valence-corrected chi connectivity index (χ4v) is 3.12. The number of fused-ring (bicyclic) bond motifs is 1. The molecule has 2 aromatic carbocycles. The second-order valence-electron chi connectivity index (χ2n) is 6.52. The molecule has 0 aliphatic carbocycles. The number of carbonyl (C=O) groups excluding carboxylic acids is 1. The number of carbonyl (C=O) groups is 1. The van der Waals surface area contributed by atoms with Crippen LogP contribution >= 0.6 is 0 Å². The van der Waals surface area contributed by atoms with E-state index < -0.39 is 0 Å². The molecule has 29 heavy (non-hydrogen) atoms. The number of aryl methyl sites for hydroxylation is 2. The summed E-state index contributed by atoms with van der Waals surface area (Å²) in [6, 6.07) is 17.3. The Labute approximate surface area is 167 Å². The maximum absolute atomic E-state index is 11.8. The van der Waals surface area contributed by atoms with Gasteiger partial charge in [-0.1, -0.05) is 30.3 Å². The highest BCUT2D eigenvalue weighted by molar-refractivity contribution is 5.92. The summed E-state index contributed by atoms with van der Waals surface area (Å²) in [5, 5.41) is 2.55. The monoisotopic (exact) mass is 388 g/mol. The zero-order chi connectivity index (χ0) is 20.2. The summed E-state index contributed by atoms with van der Waals surface area (Å²) in [4.78, 5) is 20.2. The van der Waals surface area contributed by atoms with E-state index in [1.165, 1.54) is 11.8 Å². The number of benzene rings is 2. The Morgan fingerprint density at radius 1 is 1.10 bits per heavy atom. The van der Waals surface area contributed by atoms with E-state index in [1.807, 2.05) is 24.3 Å². The molecule has 0 fully saturated rings. The third-order valence-corrected chi connectivity index (χ3v) is 4.52. The first-order valence-electron chi connectivity index (χ1n) is 9.21. The molecular weight excluding hydrogens is 368 g/mol. The SMILES string of the molecule is CNC(=O)c1cc(Oc2cc(CCc3ccccc3)c3nc(N)oc3c2)ccn1. The molecule has 0 unspecified atom stereocenters. The van der Waals surface area contributed by atoms with E-state index >= 15 is 0 Å². The van der Waals surface area contributed by atoms with Gasteiger partial charge in [0.2, 0.25) is 0 Å². The van der Waals surface area contributed by atoms with Gasteiger partial charge in [-0.15, -0.1) is 0 Å². The van der Waals surface area contributed by atoms with Crippen molar-refractivity contribution in [3.63, 3.8) is 0 Å². The number of rotatable bonds is 6. The molecule has 4 rings (SSSR count). The van der Waals surface area contributed by atoms with Crippen LogP contribution in [0.4, 0.5) is 6.01 Å². The average Bonchev–Trinajstić information content (AvgIpc) is 3.12. The Kier molecular flexibility index (Phi) is 5.11. The summed E-state index contributed by atoms with van der Waals surface area (Å²) in [6.45, 7) is 0. The van der Waals surface area contributed by atoms with Gasteiger partial charge in [-0.05, 0) is 36.1 Å². The van der Waals surface area contributed by atoms with Crippen molar-refractivity contribution in [2.45, 2.75) is 12.8 Å². The van der Waals surface area contributed by atoms with Gasteiger partial charge in [0.25, 0.3) is 11.9 Å². The predicted molar refractivity (Wildman–Crippen MR) is 110 cm³/mol. The highest BCUT2D eigenvalue weighted by Gasteiger charge is 2.13. The van der Waals surface area contributed by atoms with Gasteiger partial charge in [-0.25, -0.2) is 0 Å². The minimum absolute atomic E-state index is 0.115. The molecule has 0 aliphatic heterocycles. The Balaban J connectivity index is 1.64. The molecule has 0 saturated carbocycles. The number of aromatic nitrogens is 2. The predicted octanol–water partition coefficient (Wildman–Crippen LogP) is 3.74. The lowest BCUT2D eigenvalue weighted by atomic mass is 10.0. The van der Waals surface area contributed by atoms with Gasteiger partial charge in [-0.3, -0.25) is 9.78 Å². The van der Waals surface area contributed by atoms with Crippen molar-refractivity contribution in [1.82, 2.24) is 15.3 Å². The van der Waals surface area contributed by atoms with Crippen molar-refractivity contribution < 1.29 is 13.9 Å². The van der Waals surface area contributed by atoms with Crippen LogP contribution in [0.25, 0.3) is 11.1 Å². The number of pyridine rings is 1. The topological polar surface area (TPSA) is 103 Å². The number of hydrogen-bond donors (Lipinski definition) is 2. The smallest absolute Gasteiger partial charge is 0.292 e. The van der Waals surface area contributed by atoms with Crippen LogP contribution in [0, 0.1) is 0 Å². The molecule has 4 aromatic rings. The van der Waals surface area contributed by atoms with Crippen LogP contribution in [0.2, 0.25) is 0 Å². The lowest BCUT2D eigenvalue weighted by Gasteiger charge is -2.09. The summed E-state index contributed by atoms with van der Waals surface area (Å²) < 4.78 is 11.5. The molecule has 0 bridgehead atoms. The van der Waals surface area contributed by atoms with Crippen molar-refractivity contribution >= 4 is 23.0 Å². The molecule has 7 heteroatoms. The Bertz CT molecular complexity index is 1160. The number of anilines is 1. The quantitative estimate of drug-likeness (QED) is 0.521. The van der Waals surface area contributed by atoms with Crippen molar-refractivity contribution in [3.8, 4) is 11.5 Å². The van der Waals surface area contributed by atoms with Gasteiger partial charge in [0.1, 0.15) is 22.7 Å². The van der Waals surface area contributed by atoms with E-state index in [9.17, 15) is 4.79 Å². The molecule has 0 atom stereocenters. The van der Waals surface area contributed by atoms with Crippen molar-refractivity contribution in [2.24, 2.45) is 0 Å². The number of nitrogens with two attached hydrogens (primary N) is 1. The summed E-state index contributed by atoms with van der Waals surface area (Å²) in [5.41, 5.74) is 9.53. The first-order chi connectivity index (χ1) is 14.1. The molecular formula is C22H20N4O3. The van der Waals surface area contributed by atoms with Crippen LogP contribution < -0.4 is 15.8 Å². The van der Waals surface area contributed by atoms with Crippen LogP contribution in [-0.2, 0) is 12.8 Å². The number of nitrogens with zero attached hydrogens (tertiary/aromatic N) is 2. The first kappa shape index (κ1) is 18.5. The second kappa shape index (κ2) is 8.02. The first-order valence-corrected chi connectivity index (χ1v) is 9.21. The lowest BCUT2D eigenvalue weighted by molar-refractivity contribution is 0.0958. The minimum Gasteiger partial charge on any atom is -0.457 e. The Hall–Kier alpha value is -3.87. The zero-order valence-electron chi connectivity index (χ0n) is 15.9. The standard InChI is InChI=1S/C22H20N4O3/c1-24-21(27)18-12-16(9-10-25-18)28-17-11-15(8-7-14-5-3-2-4-6-14)20-19(13-17)29-22(23)26-20/h2-6,9-13H,7-8H2,1H3,(H2,23,26)(H,24,27). The minimum atomic E-state index is -0.280. The summed E-state index contributed by atoms with van der Waals surface area (Å²) in [7, 11) is 1.55. The van der Waals surface area contributed by atoms with Crippen LogP contribution in [0.1, 0.15) is 21.6 Å². The average molecular weight is 388 g/mol. The molecule has 0 aliphatic rings. The van der Waals surface area contributed by atoms with E-state index in [0.29, 0.717) is 17.1 Å². The third kappa shape index (κ3) is 4.19. The molecule has 2 heterocycles. The van der Waals surface area contributed by atoms with Gasteiger partial charge < -0.3 is 20.2 Å². The third-order valence-electron chi connectivity index (χ3n) is 4.52. The normalized spacial score (nSPS) is 10.8. The maximum atomic E-state index is 11.8. The summed E-state index contributed by atoms with van der Waals surface area (Å²) in [5.74, 6) is 0.794. The van der Waals surface area contributed by atoms with E-state index in [2.05, 4.69) is 27.4 Å². The van der Waals surface area contributed by atoms with Crippen molar-refractivity contribution in [2.75, 3.05) is 12.8 Å². The van der Waals surface area contributed by atoms with E-state index in [4.69, 9.17) is 14.9 Å². The van der Waals surface area contributed by atoms with Crippen LogP contribution in [0.5, 0.6) is 11.5 Å². The molecule has 7 nitrogen and oxygen atoms in total. The van der Waals surface area contributed by atoms with Crippen molar-refractivity contribution in [3.05, 3.63) is 77.6 Å². The molecule has 0 saturated heterocycles. The van der Waals surface area contributed by atoms with Gasteiger partial charge in [-0.2, -0.15) is 4.98 Å². The number of nitrogens with one attached hydrogen (secondary N) is 1. The molecule has 1 amide bonds. The number of ether oxygens (including phenoxy) is 1. The van der Waals surface area contributed by atoms with E-state index in [0.717, 1.165) is 23.9 Å². The lowest BCUT2D eigenvalue weighted by Crippen LogP contribution is -2.18. The summed E-state index contributed by atoms with van der Waals surface area (Å²) in [6.07, 6.45) is 3.13. The highest BCUT2D eigenvalue weighted by atomic mass is 16.5. The number of nitrogen functional groups attached to an aromatic ring is 1. The number of oxazole rings is 1.